The highest BCUT2D eigenvalue weighted by atomic mass is 32.2. The number of nitrogens with zero attached hydrogens (tertiary/aromatic N) is 4. The number of rotatable bonds is 6. The minimum atomic E-state index is -3.66. The van der Waals surface area contributed by atoms with E-state index in [0.717, 1.165) is 22.6 Å². The highest BCUT2D eigenvalue weighted by Crippen LogP contribution is 2.40. The summed E-state index contributed by atoms with van der Waals surface area (Å²) in [6.45, 7) is 3.15. The van der Waals surface area contributed by atoms with E-state index in [1.54, 1.807) is 4.57 Å². The normalized spacial score (nSPS) is 13.7. The molecule has 2 aromatic heterocycles. The Kier molecular flexibility index (Phi) is 5.23. The van der Waals surface area contributed by atoms with E-state index in [4.69, 9.17) is 20.3 Å². The summed E-state index contributed by atoms with van der Waals surface area (Å²) in [5.41, 5.74) is 7.88. The Balaban J connectivity index is 1.78. The van der Waals surface area contributed by atoms with Gasteiger partial charge in [0.2, 0.25) is 10.0 Å². The second-order valence-corrected chi connectivity index (χ2v) is 9.15. The fourth-order valence-electron chi connectivity index (χ4n) is 3.01. The van der Waals surface area contributed by atoms with Crippen molar-refractivity contribution < 1.29 is 17.9 Å². The lowest BCUT2D eigenvalue weighted by atomic mass is 10.1. The molecule has 0 saturated carbocycles. The fourth-order valence-corrected chi connectivity index (χ4v) is 4.57. The van der Waals surface area contributed by atoms with Crippen LogP contribution in [0.1, 0.15) is 12.5 Å². The molecule has 3 heterocycles. The summed E-state index contributed by atoms with van der Waals surface area (Å²) in [6, 6.07) is 3.87. The van der Waals surface area contributed by atoms with Gasteiger partial charge in [0, 0.05) is 11.4 Å². The molecule has 1 aromatic carbocycles. The van der Waals surface area contributed by atoms with Gasteiger partial charge in [0.05, 0.1) is 5.75 Å². The number of hydrogen-bond donors (Lipinski definition) is 2. The van der Waals surface area contributed by atoms with E-state index in [2.05, 4.69) is 15.0 Å². The van der Waals surface area contributed by atoms with Crippen LogP contribution in [0.25, 0.3) is 11.2 Å². The number of benzene rings is 1. The predicted octanol–water partition coefficient (Wildman–Crippen LogP) is 1.18. The Bertz CT molecular complexity index is 1180. The van der Waals surface area contributed by atoms with Crippen LogP contribution in [0.4, 0.5) is 5.82 Å². The van der Waals surface area contributed by atoms with Gasteiger partial charge in [-0.3, -0.25) is 0 Å². The number of anilines is 1. The third-order valence-electron chi connectivity index (χ3n) is 4.43. The number of aryl methyl sites for hydroxylation is 2. The monoisotopic (exact) mass is 436 g/mol. The Morgan fingerprint density at radius 1 is 1.21 bits per heavy atom. The molecule has 0 spiro atoms. The van der Waals surface area contributed by atoms with Crippen LogP contribution in [0.5, 0.6) is 11.5 Å². The average molecular weight is 437 g/mol. The molecule has 29 heavy (non-hydrogen) atoms. The average Bonchev–Trinajstić information content (AvgIpc) is 3.04. The van der Waals surface area contributed by atoms with E-state index in [0.29, 0.717) is 35.3 Å². The lowest BCUT2D eigenvalue weighted by molar-refractivity contribution is 0.171. The van der Waals surface area contributed by atoms with Gasteiger partial charge in [0.25, 0.3) is 0 Å². The standard InChI is InChI=1S/C17H20N6O4S2/c1-2-10-7-11-12(27-5-4-26-11)8-13(10)28-17-22-14-15(18)20-9-21-16(14)23(17)3-6-29(19,24)25/h7-9H,2-6H2,1H3,(H2,18,20,21)(H2,19,24,25). The molecular formula is C17H20N6O4S2. The number of primary sulfonamides is 1. The molecule has 4 rings (SSSR count). The van der Waals surface area contributed by atoms with Crippen LogP contribution in [-0.4, -0.2) is 46.9 Å². The maximum absolute atomic E-state index is 11.5. The molecule has 10 nitrogen and oxygen atoms in total. The van der Waals surface area contributed by atoms with Crippen LogP contribution in [-0.2, 0) is 23.0 Å². The van der Waals surface area contributed by atoms with E-state index in [-0.39, 0.29) is 18.1 Å². The van der Waals surface area contributed by atoms with Crippen molar-refractivity contribution in [2.24, 2.45) is 5.14 Å². The molecule has 0 atom stereocenters. The van der Waals surface area contributed by atoms with E-state index in [9.17, 15) is 8.42 Å². The highest BCUT2D eigenvalue weighted by Gasteiger charge is 2.21. The number of nitrogens with two attached hydrogens (primary N) is 2. The molecule has 154 valence electrons. The molecule has 0 radical (unpaired) electrons. The fraction of sp³-hybridized carbons (Fsp3) is 0.353. The van der Waals surface area contributed by atoms with Crippen LogP contribution in [0.15, 0.2) is 28.5 Å². The van der Waals surface area contributed by atoms with Gasteiger partial charge < -0.3 is 19.8 Å². The Morgan fingerprint density at radius 2 is 1.93 bits per heavy atom. The number of ether oxygens (including phenoxy) is 2. The number of nitrogen functional groups attached to an aromatic ring is 1. The second kappa shape index (κ2) is 7.69. The minimum absolute atomic E-state index is 0.0974. The first-order chi connectivity index (χ1) is 13.9. The minimum Gasteiger partial charge on any atom is -0.486 e. The second-order valence-electron chi connectivity index (χ2n) is 6.40. The third-order valence-corrected chi connectivity index (χ3v) is 6.28. The summed E-state index contributed by atoms with van der Waals surface area (Å²) < 4.78 is 36.1. The summed E-state index contributed by atoms with van der Waals surface area (Å²) in [4.78, 5) is 13.7. The van der Waals surface area contributed by atoms with Crippen molar-refractivity contribution in [2.75, 3.05) is 24.7 Å². The molecular weight excluding hydrogens is 416 g/mol. The Labute approximate surface area is 171 Å². The Hall–Kier alpha value is -2.57. The lowest BCUT2D eigenvalue weighted by Crippen LogP contribution is -2.20. The van der Waals surface area contributed by atoms with Gasteiger partial charge >= 0.3 is 0 Å². The molecule has 0 fully saturated rings. The molecule has 0 unspecified atom stereocenters. The summed E-state index contributed by atoms with van der Waals surface area (Å²) in [5, 5.41) is 5.74. The van der Waals surface area contributed by atoms with Gasteiger partial charge in [-0.1, -0.05) is 18.7 Å². The predicted molar refractivity (Wildman–Crippen MR) is 109 cm³/mol. The van der Waals surface area contributed by atoms with Gasteiger partial charge in [-0.05, 0) is 24.1 Å². The summed E-state index contributed by atoms with van der Waals surface area (Å²) in [7, 11) is -3.66. The first-order valence-electron chi connectivity index (χ1n) is 8.93. The smallest absolute Gasteiger partial charge is 0.210 e. The van der Waals surface area contributed by atoms with E-state index in [1.165, 1.54) is 18.1 Å². The van der Waals surface area contributed by atoms with Crippen molar-refractivity contribution in [1.82, 2.24) is 19.5 Å². The molecule has 0 aliphatic carbocycles. The zero-order valence-electron chi connectivity index (χ0n) is 15.7. The molecule has 3 aromatic rings. The molecule has 0 bridgehead atoms. The highest BCUT2D eigenvalue weighted by molar-refractivity contribution is 7.99. The van der Waals surface area contributed by atoms with Gasteiger partial charge in [-0.15, -0.1) is 0 Å². The maximum Gasteiger partial charge on any atom is 0.210 e. The third kappa shape index (κ3) is 4.09. The largest absolute Gasteiger partial charge is 0.486 e. The quantitative estimate of drug-likeness (QED) is 0.581. The van der Waals surface area contributed by atoms with Crippen molar-refractivity contribution in [3.8, 4) is 11.5 Å². The SMILES string of the molecule is CCc1cc2c(cc1Sc1nc3c(N)ncnc3n1CCS(N)(=O)=O)OCCO2. The van der Waals surface area contributed by atoms with Crippen molar-refractivity contribution in [2.45, 2.75) is 29.9 Å². The zero-order valence-corrected chi connectivity index (χ0v) is 17.3. The Morgan fingerprint density at radius 3 is 2.62 bits per heavy atom. The topological polar surface area (TPSA) is 148 Å². The summed E-state index contributed by atoms with van der Waals surface area (Å²) >= 11 is 1.38. The van der Waals surface area contributed by atoms with Crippen LogP contribution in [0.2, 0.25) is 0 Å². The molecule has 0 amide bonds. The number of imidazole rings is 1. The van der Waals surface area contributed by atoms with Gasteiger partial charge in [0.1, 0.15) is 19.5 Å². The van der Waals surface area contributed by atoms with Gasteiger partial charge in [0.15, 0.2) is 33.6 Å². The molecule has 4 N–H and O–H groups in total. The van der Waals surface area contributed by atoms with Crippen molar-refractivity contribution in [3.63, 3.8) is 0 Å². The molecule has 1 aliphatic rings. The molecule has 1 aliphatic heterocycles. The zero-order chi connectivity index (χ0) is 20.6. The van der Waals surface area contributed by atoms with Gasteiger partial charge in [-0.25, -0.2) is 28.5 Å². The van der Waals surface area contributed by atoms with Crippen LogP contribution in [0, 0.1) is 0 Å². The van der Waals surface area contributed by atoms with Crippen molar-refractivity contribution in [3.05, 3.63) is 24.0 Å². The first kappa shape index (κ1) is 19.7. The summed E-state index contributed by atoms with van der Waals surface area (Å²) in [5.74, 6) is 1.36. The van der Waals surface area contributed by atoms with E-state index >= 15 is 0 Å². The van der Waals surface area contributed by atoms with Crippen LogP contribution < -0.4 is 20.3 Å². The number of fused-ring (bicyclic) bond motifs is 2. The molecule has 12 heteroatoms. The number of sulfonamides is 1. The molecule has 0 saturated heterocycles. The number of hydrogen-bond acceptors (Lipinski definition) is 9. The van der Waals surface area contributed by atoms with E-state index in [1.807, 2.05) is 19.1 Å². The van der Waals surface area contributed by atoms with Gasteiger partial charge in [-0.2, -0.15) is 0 Å². The summed E-state index contributed by atoms with van der Waals surface area (Å²) in [6.07, 6.45) is 2.10. The number of aromatic nitrogens is 4. The van der Waals surface area contributed by atoms with Crippen LogP contribution >= 0.6 is 11.8 Å². The van der Waals surface area contributed by atoms with Crippen molar-refractivity contribution in [1.29, 1.82) is 0 Å². The lowest BCUT2D eigenvalue weighted by Gasteiger charge is -2.20. The van der Waals surface area contributed by atoms with E-state index < -0.39 is 10.0 Å². The maximum atomic E-state index is 11.5. The van der Waals surface area contributed by atoms with Crippen molar-refractivity contribution >= 4 is 38.8 Å². The van der Waals surface area contributed by atoms with Crippen LogP contribution in [0.3, 0.4) is 0 Å². The first-order valence-corrected chi connectivity index (χ1v) is 11.5.